The molecule has 0 N–H and O–H groups in total. The van der Waals surface area contributed by atoms with E-state index >= 15 is 0 Å². The molecule has 0 bridgehead atoms. The standard InChI is InChI=1S/C26H26N6O2S/c1-34-23-11-9-22(10-12-23)32-25(20-6-5-13-27-18-20)28-29-26(32)35-19-24(33)31-16-14-30(15-17-31)21-7-3-2-4-8-21/h2-13,18H,14-17,19H2,1H3. The molecule has 0 atom stereocenters. The highest BCUT2D eigenvalue weighted by Crippen LogP contribution is 2.29. The van der Waals surface area contributed by atoms with Crippen molar-refractivity contribution >= 4 is 23.4 Å². The number of amides is 1. The number of ether oxygens (including phenoxy) is 1. The normalized spacial score (nSPS) is 13.6. The smallest absolute Gasteiger partial charge is 0.233 e. The predicted octanol–water partition coefficient (Wildman–Crippen LogP) is 3.78. The Balaban J connectivity index is 1.30. The van der Waals surface area contributed by atoms with E-state index in [0.717, 1.165) is 30.1 Å². The van der Waals surface area contributed by atoms with E-state index in [1.807, 2.05) is 64.1 Å². The van der Waals surface area contributed by atoms with Gasteiger partial charge < -0.3 is 14.5 Å². The minimum Gasteiger partial charge on any atom is -0.497 e. The Labute approximate surface area is 208 Å². The third kappa shape index (κ3) is 5.14. The van der Waals surface area contributed by atoms with E-state index in [-0.39, 0.29) is 5.91 Å². The molecule has 3 heterocycles. The first-order chi connectivity index (χ1) is 17.2. The van der Waals surface area contributed by atoms with Gasteiger partial charge in [0.1, 0.15) is 5.75 Å². The van der Waals surface area contributed by atoms with E-state index in [1.165, 1.54) is 17.4 Å². The van der Waals surface area contributed by atoms with Crippen LogP contribution < -0.4 is 9.64 Å². The van der Waals surface area contributed by atoms with Crippen molar-refractivity contribution in [3.63, 3.8) is 0 Å². The Morgan fingerprint density at radius 2 is 1.69 bits per heavy atom. The van der Waals surface area contributed by atoms with Crippen LogP contribution in [0.4, 0.5) is 5.69 Å². The average molecular weight is 487 g/mol. The molecule has 1 aliphatic rings. The number of benzene rings is 2. The maximum absolute atomic E-state index is 13.0. The topological polar surface area (TPSA) is 76.4 Å². The number of para-hydroxylation sites is 1. The molecule has 1 saturated heterocycles. The first-order valence-corrected chi connectivity index (χ1v) is 12.4. The molecule has 0 spiro atoms. The molecule has 0 saturated carbocycles. The van der Waals surface area contributed by atoms with Crippen molar-refractivity contribution in [1.82, 2.24) is 24.6 Å². The van der Waals surface area contributed by atoms with Gasteiger partial charge in [-0.2, -0.15) is 0 Å². The molecule has 1 aliphatic heterocycles. The lowest BCUT2D eigenvalue weighted by molar-refractivity contribution is -0.128. The molecule has 5 rings (SSSR count). The lowest BCUT2D eigenvalue weighted by Gasteiger charge is -2.36. The molecule has 35 heavy (non-hydrogen) atoms. The van der Waals surface area contributed by atoms with Crippen LogP contribution in [0.3, 0.4) is 0 Å². The van der Waals surface area contributed by atoms with Crippen molar-refractivity contribution in [3.05, 3.63) is 79.1 Å². The molecule has 0 radical (unpaired) electrons. The number of hydrogen-bond donors (Lipinski definition) is 0. The number of carbonyl (C=O) groups excluding carboxylic acids is 1. The van der Waals surface area contributed by atoms with Crippen LogP contribution in [-0.2, 0) is 4.79 Å². The SMILES string of the molecule is COc1ccc(-n2c(SCC(=O)N3CCN(c4ccccc4)CC3)nnc2-c2cccnc2)cc1. The van der Waals surface area contributed by atoms with Crippen LogP contribution in [0.2, 0.25) is 0 Å². The Bertz CT molecular complexity index is 1260. The van der Waals surface area contributed by atoms with Crippen molar-refractivity contribution in [3.8, 4) is 22.8 Å². The Hall–Kier alpha value is -3.85. The van der Waals surface area contributed by atoms with Gasteiger partial charge in [-0.25, -0.2) is 0 Å². The predicted molar refractivity (Wildman–Crippen MR) is 137 cm³/mol. The number of piperazine rings is 1. The van der Waals surface area contributed by atoms with Crippen LogP contribution in [0.15, 0.2) is 84.3 Å². The van der Waals surface area contributed by atoms with Gasteiger partial charge in [0, 0.05) is 55.5 Å². The highest BCUT2D eigenvalue weighted by atomic mass is 32.2. The minimum atomic E-state index is 0.106. The van der Waals surface area contributed by atoms with Gasteiger partial charge in [-0.1, -0.05) is 30.0 Å². The maximum Gasteiger partial charge on any atom is 0.233 e. The summed E-state index contributed by atoms with van der Waals surface area (Å²) in [7, 11) is 1.64. The highest BCUT2D eigenvalue weighted by Gasteiger charge is 2.23. The van der Waals surface area contributed by atoms with Crippen LogP contribution in [0, 0.1) is 0 Å². The van der Waals surface area contributed by atoms with E-state index in [2.05, 4.69) is 32.2 Å². The van der Waals surface area contributed by atoms with Crippen LogP contribution in [0.25, 0.3) is 17.1 Å². The van der Waals surface area contributed by atoms with Gasteiger partial charge in [-0.15, -0.1) is 10.2 Å². The van der Waals surface area contributed by atoms with Gasteiger partial charge in [-0.05, 0) is 48.5 Å². The van der Waals surface area contributed by atoms with Gasteiger partial charge in [-0.3, -0.25) is 14.3 Å². The quantitative estimate of drug-likeness (QED) is 0.368. The molecule has 1 amide bonds. The Morgan fingerprint density at radius 1 is 0.914 bits per heavy atom. The average Bonchev–Trinajstić information content (AvgIpc) is 3.37. The maximum atomic E-state index is 13.0. The number of hydrogen-bond acceptors (Lipinski definition) is 7. The molecule has 2 aromatic heterocycles. The zero-order chi connectivity index (χ0) is 24.0. The van der Waals surface area contributed by atoms with Crippen LogP contribution >= 0.6 is 11.8 Å². The zero-order valence-corrected chi connectivity index (χ0v) is 20.3. The lowest BCUT2D eigenvalue weighted by atomic mass is 10.2. The molecule has 178 valence electrons. The molecular formula is C26H26N6O2S. The number of thioether (sulfide) groups is 1. The molecule has 0 unspecified atom stereocenters. The second-order valence-corrected chi connectivity index (χ2v) is 9.02. The third-order valence-electron chi connectivity index (χ3n) is 5.96. The van der Waals surface area contributed by atoms with Crippen LogP contribution in [-0.4, -0.2) is 69.6 Å². The number of methoxy groups -OCH3 is 1. The lowest BCUT2D eigenvalue weighted by Crippen LogP contribution is -2.49. The van der Waals surface area contributed by atoms with E-state index in [4.69, 9.17) is 4.74 Å². The summed E-state index contributed by atoms with van der Waals surface area (Å²) in [5.74, 6) is 1.85. The molecule has 0 aliphatic carbocycles. The van der Waals surface area contributed by atoms with Gasteiger partial charge >= 0.3 is 0 Å². The monoisotopic (exact) mass is 486 g/mol. The van der Waals surface area contributed by atoms with Crippen molar-refractivity contribution in [2.45, 2.75) is 5.16 Å². The Kier molecular flexibility index (Phi) is 6.94. The molecule has 1 fully saturated rings. The number of rotatable bonds is 7. The summed E-state index contributed by atoms with van der Waals surface area (Å²) < 4.78 is 7.26. The summed E-state index contributed by atoms with van der Waals surface area (Å²) in [6.45, 7) is 3.07. The largest absolute Gasteiger partial charge is 0.497 e. The second-order valence-electron chi connectivity index (χ2n) is 8.07. The van der Waals surface area contributed by atoms with Crippen molar-refractivity contribution in [1.29, 1.82) is 0 Å². The first kappa shape index (κ1) is 22.9. The third-order valence-corrected chi connectivity index (χ3v) is 6.88. The van der Waals surface area contributed by atoms with Crippen LogP contribution in [0.1, 0.15) is 0 Å². The molecule has 2 aromatic carbocycles. The fraction of sp³-hybridized carbons (Fsp3) is 0.231. The van der Waals surface area contributed by atoms with E-state index in [1.54, 1.807) is 19.5 Å². The Morgan fingerprint density at radius 3 is 2.37 bits per heavy atom. The molecular weight excluding hydrogens is 460 g/mol. The van der Waals surface area contributed by atoms with Gasteiger partial charge in [0.2, 0.25) is 5.91 Å². The molecule has 9 heteroatoms. The van der Waals surface area contributed by atoms with E-state index in [9.17, 15) is 4.79 Å². The van der Waals surface area contributed by atoms with E-state index in [0.29, 0.717) is 29.8 Å². The summed E-state index contributed by atoms with van der Waals surface area (Å²) in [5, 5.41) is 9.50. The number of anilines is 1. The van der Waals surface area contributed by atoms with Gasteiger partial charge in [0.25, 0.3) is 0 Å². The number of pyridine rings is 1. The first-order valence-electron chi connectivity index (χ1n) is 11.4. The fourth-order valence-electron chi connectivity index (χ4n) is 4.08. The molecule has 8 nitrogen and oxygen atoms in total. The van der Waals surface area contributed by atoms with Crippen molar-refractivity contribution in [2.75, 3.05) is 43.9 Å². The zero-order valence-electron chi connectivity index (χ0n) is 19.4. The number of carbonyl (C=O) groups is 1. The van der Waals surface area contributed by atoms with Crippen LogP contribution in [0.5, 0.6) is 5.75 Å². The summed E-state index contributed by atoms with van der Waals surface area (Å²) in [5.41, 5.74) is 2.94. The summed E-state index contributed by atoms with van der Waals surface area (Å²) >= 11 is 1.40. The summed E-state index contributed by atoms with van der Waals surface area (Å²) in [4.78, 5) is 21.5. The van der Waals surface area contributed by atoms with Gasteiger partial charge in [0.05, 0.1) is 12.9 Å². The van der Waals surface area contributed by atoms with Gasteiger partial charge in [0.15, 0.2) is 11.0 Å². The second kappa shape index (κ2) is 10.6. The van der Waals surface area contributed by atoms with Crippen molar-refractivity contribution < 1.29 is 9.53 Å². The van der Waals surface area contributed by atoms with Crippen molar-refractivity contribution in [2.24, 2.45) is 0 Å². The fourth-order valence-corrected chi connectivity index (χ4v) is 4.93. The summed E-state index contributed by atoms with van der Waals surface area (Å²) in [6, 6.07) is 21.8. The number of nitrogens with zero attached hydrogens (tertiary/aromatic N) is 6. The summed E-state index contributed by atoms with van der Waals surface area (Å²) in [6.07, 6.45) is 3.49. The minimum absolute atomic E-state index is 0.106. The number of aromatic nitrogens is 4. The van der Waals surface area contributed by atoms with E-state index < -0.39 is 0 Å². The molecule has 4 aromatic rings. The highest BCUT2D eigenvalue weighted by molar-refractivity contribution is 7.99.